The number of thiophene rings is 2. The Labute approximate surface area is 238 Å². The van der Waals surface area contributed by atoms with E-state index >= 15 is 0 Å². The van der Waals surface area contributed by atoms with E-state index in [2.05, 4.69) is 21.7 Å². The van der Waals surface area contributed by atoms with Crippen molar-refractivity contribution in [3.63, 3.8) is 0 Å². The molecule has 0 radical (unpaired) electrons. The number of ketones is 1. The minimum absolute atomic E-state index is 0.0998. The number of aromatic nitrogens is 1. The molecule has 0 aliphatic carbocycles. The third-order valence-electron chi connectivity index (χ3n) is 5.54. The van der Waals surface area contributed by atoms with Crippen molar-refractivity contribution < 1.29 is 19.1 Å². The first kappa shape index (κ1) is 30.3. The van der Waals surface area contributed by atoms with Crippen LogP contribution in [0.1, 0.15) is 47.3 Å². The molecule has 0 spiro atoms. The predicted octanol–water partition coefficient (Wildman–Crippen LogP) is 5.29. The van der Waals surface area contributed by atoms with Crippen molar-refractivity contribution in [3.05, 3.63) is 68.3 Å². The van der Waals surface area contributed by atoms with E-state index < -0.39 is 11.7 Å². The summed E-state index contributed by atoms with van der Waals surface area (Å²) >= 11 is 3.08. The monoisotopic (exact) mass is 571 g/mol. The molecule has 3 heterocycles. The number of hydrogen-bond donors (Lipinski definition) is 2. The molecule has 3 aromatic heterocycles. The number of likely N-dealkylation sites (N-methyl/N-ethyl adjacent to an activating group) is 1. The zero-order chi connectivity index (χ0) is 28.4. The van der Waals surface area contributed by atoms with Crippen LogP contribution in [0.3, 0.4) is 0 Å². The Morgan fingerprint density at radius 3 is 2.51 bits per heavy atom. The number of rotatable bonds is 12. The molecular formula is C28H37N5O4S2. The normalized spacial score (nSPS) is 11.3. The number of urea groups is 1. The Morgan fingerprint density at radius 1 is 1.08 bits per heavy atom. The number of carbonyl (C=O) groups is 3. The van der Waals surface area contributed by atoms with Gasteiger partial charge >= 0.3 is 12.1 Å². The summed E-state index contributed by atoms with van der Waals surface area (Å²) in [4.78, 5) is 47.4. The molecule has 0 bridgehead atoms. The number of anilines is 1. The molecule has 39 heavy (non-hydrogen) atoms. The van der Waals surface area contributed by atoms with Gasteiger partial charge in [-0.3, -0.25) is 15.1 Å². The average molecular weight is 572 g/mol. The summed E-state index contributed by atoms with van der Waals surface area (Å²) in [5.41, 5.74) is 1.81. The minimum atomic E-state index is -0.616. The Balaban J connectivity index is 1.58. The Morgan fingerprint density at radius 2 is 1.87 bits per heavy atom. The van der Waals surface area contributed by atoms with Crippen LogP contribution in [-0.4, -0.2) is 72.0 Å². The summed E-state index contributed by atoms with van der Waals surface area (Å²) in [5, 5.41) is 11.4. The van der Waals surface area contributed by atoms with Gasteiger partial charge in [-0.05, 0) is 75.3 Å². The van der Waals surface area contributed by atoms with Crippen molar-refractivity contribution in [2.45, 2.75) is 45.8 Å². The maximum Gasteiger partial charge on any atom is 0.412 e. The molecule has 0 aliphatic heterocycles. The molecule has 0 aliphatic rings. The first-order chi connectivity index (χ1) is 18.5. The molecule has 0 atom stereocenters. The highest BCUT2D eigenvalue weighted by atomic mass is 32.1. The highest BCUT2D eigenvalue weighted by molar-refractivity contribution is 7.09. The maximum atomic E-state index is 12.9. The second kappa shape index (κ2) is 14.2. The van der Waals surface area contributed by atoms with Crippen molar-refractivity contribution >= 4 is 46.3 Å². The van der Waals surface area contributed by atoms with E-state index in [0.717, 1.165) is 18.5 Å². The number of carbonyl (C=O) groups excluding carboxylic acids is 3. The number of pyridine rings is 1. The van der Waals surface area contributed by atoms with Gasteiger partial charge in [0.15, 0.2) is 5.78 Å². The molecule has 11 heteroatoms. The van der Waals surface area contributed by atoms with Crippen molar-refractivity contribution in [2.24, 2.45) is 0 Å². The third kappa shape index (κ3) is 10.4. The Bertz CT molecular complexity index is 1220. The van der Waals surface area contributed by atoms with E-state index in [-0.39, 0.29) is 18.2 Å². The fourth-order valence-corrected chi connectivity index (χ4v) is 5.08. The number of ether oxygens (including phenoxy) is 1. The molecule has 0 saturated heterocycles. The molecule has 210 valence electrons. The van der Waals surface area contributed by atoms with Gasteiger partial charge in [0, 0.05) is 49.1 Å². The molecule has 0 unspecified atom stereocenters. The lowest BCUT2D eigenvalue weighted by Gasteiger charge is -2.25. The summed E-state index contributed by atoms with van der Waals surface area (Å²) in [5.74, 6) is -0.164. The van der Waals surface area contributed by atoms with E-state index in [9.17, 15) is 14.4 Å². The van der Waals surface area contributed by atoms with Crippen LogP contribution < -0.4 is 10.6 Å². The van der Waals surface area contributed by atoms with Gasteiger partial charge in [-0.1, -0.05) is 12.1 Å². The molecular weight excluding hydrogens is 534 g/mol. The van der Waals surface area contributed by atoms with E-state index in [1.807, 2.05) is 41.9 Å². The van der Waals surface area contributed by atoms with Crippen molar-refractivity contribution in [2.75, 3.05) is 39.0 Å². The van der Waals surface area contributed by atoms with Crippen molar-refractivity contribution in [1.29, 1.82) is 0 Å². The zero-order valence-corrected chi connectivity index (χ0v) is 24.8. The van der Waals surface area contributed by atoms with Gasteiger partial charge in [-0.15, -0.1) is 22.7 Å². The van der Waals surface area contributed by atoms with Gasteiger partial charge < -0.3 is 19.9 Å². The maximum absolute atomic E-state index is 12.9. The van der Waals surface area contributed by atoms with Gasteiger partial charge in [-0.25, -0.2) is 9.59 Å². The fourth-order valence-electron chi connectivity index (χ4n) is 3.58. The standard InChI is InChI=1S/C28H37N5O4S2/c1-28(2,3)37-27(36)31-24-19-38-18-21(24)15-25(34)23-9-8-20(16-30-23)17-33(13-12-32(4)5)26(35)29-11-10-22-7-6-14-39-22/h6-9,14,16,18-19H,10-13,15,17H2,1-5H3,(H,29,35)(H,31,36). The van der Waals surface area contributed by atoms with Crippen LogP contribution >= 0.6 is 22.7 Å². The molecule has 3 aromatic rings. The predicted molar refractivity (Wildman–Crippen MR) is 157 cm³/mol. The average Bonchev–Trinajstić information content (AvgIpc) is 3.53. The largest absolute Gasteiger partial charge is 0.444 e. The van der Waals surface area contributed by atoms with E-state index in [0.29, 0.717) is 36.6 Å². The first-order valence-electron chi connectivity index (χ1n) is 12.7. The summed E-state index contributed by atoms with van der Waals surface area (Å²) in [6.45, 7) is 7.61. The van der Waals surface area contributed by atoms with Crippen LogP contribution in [0, 0.1) is 0 Å². The van der Waals surface area contributed by atoms with E-state index in [1.165, 1.54) is 16.2 Å². The van der Waals surface area contributed by atoms with Crippen LogP contribution in [0.4, 0.5) is 15.3 Å². The van der Waals surface area contributed by atoms with Crippen LogP contribution in [0.25, 0.3) is 0 Å². The minimum Gasteiger partial charge on any atom is -0.444 e. The molecule has 0 aromatic carbocycles. The summed E-state index contributed by atoms with van der Waals surface area (Å²) < 4.78 is 5.31. The molecule has 2 N–H and O–H groups in total. The second-order valence-electron chi connectivity index (χ2n) is 10.4. The molecule has 0 fully saturated rings. The Kier molecular flexibility index (Phi) is 11.0. The first-order valence-corrected chi connectivity index (χ1v) is 14.6. The SMILES string of the molecule is CN(C)CCN(Cc1ccc(C(=O)Cc2cscc2NC(=O)OC(C)(C)C)nc1)C(=O)NCCc1cccs1. The lowest BCUT2D eigenvalue weighted by Crippen LogP contribution is -2.43. The van der Waals surface area contributed by atoms with Gasteiger partial charge in [0.05, 0.1) is 5.69 Å². The summed E-state index contributed by atoms with van der Waals surface area (Å²) in [7, 11) is 3.94. The van der Waals surface area contributed by atoms with Crippen LogP contribution in [0.2, 0.25) is 0 Å². The number of nitrogens with zero attached hydrogens (tertiary/aromatic N) is 3. The summed E-state index contributed by atoms with van der Waals surface area (Å²) in [6.07, 6.45) is 1.97. The molecule has 9 nitrogen and oxygen atoms in total. The van der Waals surface area contributed by atoms with Crippen molar-refractivity contribution in [3.8, 4) is 0 Å². The van der Waals surface area contributed by atoms with Gasteiger partial charge in [0.2, 0.25) is 0 Å². The smallest absolute Gasteiger partial charge is 0.412 e. The van der Waals surface area contributed by atoms with Crippen LogP contribution in [-0.2, 0) is 24.1 Å². The van der Waals surface area contributed by atoms with E-state index in [1.54, 1.807) is 54.7 Å². The fraction of sp³-hybridized carbons (Fsp3) is 0.429. The quantitative estimate of drug-likeness (QED) is 0.286. The van der Waals surface area contributed by atoms with E-state index in [4.69, 9.17) is 4.74 Å². The van der Waals surface area contributed by atoms with Gasteiger partial charge in [-0.2, -0.15) is 0 Å². The summed E-state index contributed by atoms with van der Waals surface area (Å²) in [6, 6.07) is 7.45. The highest BCUT2D eigenvalue weighted by Gasteiger charge is 2.19. The number of nitrogens with one attached hydrogen (secondary N) is 2. The van der Waals surface area contributed by atoms with Crippen LogP contribution in [0.15, 0.2) is 46.6 Å². The van der Waals surface area contributed by atoms with Gasteiger partial charge in [0.1, 0.15) is 11.3 Å². The molecule has 3 amide bonds. The van der Waals surface area contributed by atoms with Crippen LogP contribution in [0.5, 0.6) is 0 Å². The number of Topliss-reactive ketones (excluding diaryl/α,β-unsaturated/α-hetero) is 1. The lowest BCUT2D eigenvalue weighted by atomic mass is 10.1. The highest BCUT2D eigenvalue weighted by Crippen LogP contribution is 2.23. The molecule has 3 rings (SSSR count). The van der Waals surface area contributed by atoms with Gasteiger partial charge in [0.25, 0.3) is 0 Å². The Hall–Kier alpha value is -3.28. The third-order valence-corrected chi connectivity index (χ3v) is 7.27. The topological polar surface area (TPSA) is 104 Å². The number of amides is 3. The lowest BCUT2D eigenvalue weighted by molar-refractivity contribution is 0.0635. The molecule has 0 saturated carbocycles. The number of hydrogen-bond acceptors (Lipinski definition) is 8. The second-order valence-corrected chi connectivity index (χ2v) is 12.2. The zero-order valence-electron chi connectivity index (χ0n) is 23.2. The van der Waals surface area contributed by atoms with Crippen molar-refractivity contribution in [1.82, 2.24) is 20.1 Å².